The van der Waals surface area contributed by atoms with Gasteiger partial charge < -0.3 is 5.32 Å². The van der Waals surface area contributed by atoms with Gasteiger partial charge in [-0.25, -0.2) is 0 Å². The van der Waals surface area contributed by atoms with E-state index >= 15 is 0 Å². The number of nitrogens with zero attached hydrogens (tertiary/aromatic N) is 1. The lowest BCUT2D eigenvalue weighted by atomic mass is 10.1. The molecule has 15 heavy (non-hydrogen) atoms. The van der Waals surface area contributed by atoms with Gasteiger partial charge in [0.2, 0.25) is 0 Å². The number of pyridine rings is 1. The molecular weight excluding hydrogens is 184 g/mol. The molecule has 1 aromatic carbocycles. The van der Waals surface area contributed by atoms with Crippen LogP contribution in [0, 0.1) is 0 Å². The van der Waals surface area contributed by atoms with Crippen molar-refractivity contribution < 1.29 is 0 Å². The van der Waals surface area contributed by atoms with Crippen molar-refractivity contribution in [3.63, 3.8) is 0 Å². The van der Waals surface area contributed by atoms with E-state index in [1.807, 2.05) is 18.5 Å². The number of hydrogen-bond acceptors (Lipinski definition) is 2. The van der Waals surface area contributed by atoms with Crippen molar-refractivity contribution in [3.05, 3.63) is 42.2 Å². The first-order valence-corrected chi connectivity index (χ1v) is 5.32. The third-order valence-electron chi connectivity index (χ3n) is 2.42. The molecule has 2 aromatic rings. The van der Waals surface area contributed by atoms with Gasteiger partial charge in [0.15, 0.2) is 0 Å². The highest BCUT2D eigenvalue weighted by Gasteiger charge is 1.97. The van der Waals surface area contributed by atoms with Gasteiger partial charge >= 0.3 is 0 Å². The molecule has 2 nitrogen and oxygen atoms in total. The van der Waals surface area contributed by atoms with Gasteiger partial charge in [-0.05, 0) is 23.1 Å². The molecule has 2 rings (SSSR count). The second kappa shape index (κ2) is 4.41. The number of aromatic nitrogens is 1. The summed E-state index contributed by atoms with van der Waals surface area (Å²) in [6, 6.07) is 9.07. The molecule has 0 spiro atoms. The van der Waals surface area contributed by atoms with E-state index in [-0.39, 0.29) is 0 Å². The van der Waals surface area contributed by atoms with Gasteiger partial charge in [0.25, 0.3) is 0 Å². The van der Waals surface area contributed by atoms with Crippen LogP contribution in [0.15, 0.2) is 36.7 Å². The first-order chi connectivity index (χ1) is 7.25. The van der Waals surface area contributed by atoms with Crippen LogP contribution < -0.4 is 5.32 Å². The van der Waals surface area contributed by atoms with Crippen molar-refractivity contribution in [3.8, 4) is 0 Å². The van der Waals surface area contributed by atoms with Crippen LogP contribution in [0.5, 0.6) is 0 Å². The average Bonchev–Trinajstić information content (AvgIpc) is 2.26. The van der Waals surface area contributed by atoms with Crippen molar-refractivity contribution in [2.45, 2.75) is 26.4 Å². The summed E-state index contributed by atoms with van der Waals surface area (Å²) in [6.45, 7) is 5.24. The zero-order chi connectivity index (χ0) is 10.7. The molecule has 78 valence electrons. The Labute approximate surface area is 90.3 Å². The van der Waals surface area contributed by atoms with E-state index in [1.54, 1.807) is 0 Å². The van der Waals surface area contributed by atoms with Crippen LogP contribution in [0.2, 0.25) is 0 Å². The predicted octanol–water partition coefficient (Wildman–Crippen LogP) is 2.73. The van der Waals surface area contributed by atoms with E-state index in [1.165, 1.54) is 16.3 Å². The lowest BCUT2D eigenvalue weighted by Gasteiger charge is -2.08. The van der Waals surface area contributed by atoms with Crippen molar-refractivity contribution in [2.75, 3.05) is 0 Å². The van der Waals surface area contributed by atoms with E-state index in [2.05, 4.69) is 42.3 Å². The third kappa shape index (κ3) is 2.54. The smallest absolute Gasteiger partial charge is 0.0346 e. The normalized spacial score (nSPS) is 11.1. The van der Waals surface area contributed by atoms with Crippen LogP contribution in [-0.2, 0) is 6.54 Å². The minimum Gasteiger partial charge on any atom is -0.310 e. The summed E-state index contributed by atoms with van der Waals surface area (Å²) in [5, 5.41) is 5.87. The molecule has 1 heterocycles. The van der Waals surface area contributed by atoms with Gasteiger partial charge in [-0.2, -0.15) is 0 Å². The predicted molar refractivity (Wildman–Crippen MR) is 63.7 cm³/mol. The summed E-state index contributed by atoms with van der Waals surface area (Å²) >= 11 is 0. The Morgan fingerprint density at radius 3 is 2.87 bits per heavy atom. The van der Waals surface area contributed by atoms with E-state index in [4.69, 9.17) is 0 Å². The average molecular weight is 200 g/mol. The molecule has 0 aliphatic heterocycles. The summed E-state index contributed by atoms with van der Waals surface area (Å²) in [6.07, 6.45) is 3.73. The van der Waals surface area contributed by atoms with Gasteiger partial charge in [0, 0.05) is 30.4 Å². The molecule has 0 fully saturated rings. The number of rotatable bonds is 3. The largest absolute Gasteiger partial charge is 0.310 e. The fourth-order valence-corrected chi connectivity index (χ4v) is 1.56. The SMILES string of the molecule is CC(C)NCc1ccc2cnccc2c1. The standard InChI is InChI=1S/C13H16N2/c1-10(2)15-8-11-3-4-13-9-14-6-5-12(13)7-11/h3-7,9-10,15H,8H2,1-2H3. The molecule has 0 bridgehead atoms. The number of hydrogen-bond donors (Lipinski definition) is 1. The molecule has 0 radical (unpaired) electrons. The first-order valence-electron chi connectivity index (χ1n) is 5.32. The van der Waals surface area contributed by atoms with Gasteiger partial charge in [0.05, 0.1) is 0 Å². The zero-order valence-electron chi connectivity index (χ0n) is 9.20. The zero-order valence-corrected chi connectivity index (χ0v) is 9.20. The Morgan fingerprint density at radius 1 is 1.20 bits per heavy atom. The molecule has 0 saturated heterocycles. The minimum absolute atomic E-state index is 0.526. The molecule has 2 heteroatoms. The number of fused-ring (bicyclic) bond motifs is 1. The van der Waals surface area contributed by atoms with Crippen molar-refractivity contribution in [1.29, 1.82) is 0 Å². The third-order valence-corrected chi connectivity index (χ3v) is 2.42. The molecule has 1 aromatic heterocycles. The quantitative estimate of drug-likeness (QED) is 0.824. The van der Waals surface area contributed by atoms with Crippen LogP contribution in [-0.4, -0.2) is 11.0 Å². The van der Waals surface area contributed by atoms with Crippen LogP contribution in [0.4, 0.5) is 0 Å². The van der Waals surface area contributed by atoms with E-state index in [0.29, 0.717) is 6.04 Å². The second-order valence-corrected chi connectivity index (χ2v) is 4.09. The molecule has 0 unspecified atom stereocenters. The van der Waals surface area contributed by atoms with E-state index in [0.717, 1.165) is 6.54 Å². The van der Waals surface area contributed by atoms with Crippen molar-refractivity contribution in [2.24, 2.45) is 0 Å². The summed E-state index contributed by atoms with van der Waals surface area (Å²) < 4.78 is 0. The van der Waals surface area contributed by atoms with Gasteiger partial charge in [-0.1, -0.05) is 26.0 Å². The molecule has 1 N–H and O–H groups in total. The molecule has 0 aliphatic carbocycles. The second-order valence-electron chi connectivity index (χ2n) is 4.09. The van der Waals surface area contributed by atoms with Gasteiger partial charge in [-0.3, -0.25) is 4.98 Å². The number of benzene rings is 1. The summed E-state index contributed by atoms with van der Waals surface area (Å²) in [5.41, 5.74) is 1.32. The van der Waals surface area contributed by atoms with Gasteiger partial charge in [0.1, 0.15) is 0 Å². The Kier molecular flexibility index (Phi) is 2.97. The van der Waals surface area contributed by atoms with Crippen LogP contribution in [0.1, 0.15) is 19.4 Å². The maximum Gasteiger partial charge on any atom is 0.0346 e. The maximum atomic E-state index is 4.10. The number of nitrogens with one attached hydrogen (secondary N) is 1. The first kappa shape index (κ1) is 10.1. The van der Waals surface area contributed by atoms with Gasteiger partial charge in [-0.15, -0.1) is 0 Å². The van der Waals surface area contributed by atoms with Crippen LogP contribution in [0.3, 0.4) is 0 Å². The van der Waals surface area contributed by atoms with Crippen LogP contribution in [0.25, 0.3) is 10.8 Å². The highest BCUT2D eigenvalue weighted by atomic mass is 14.9. The Balaban J connectivity index is 2.23. The molecule has 0 saturated carbocycles. The fourth-order valence-electron chi connectivity index (χ4n) is 1.56. The van der Waals surface area contributed by atoms with E-state index < -0.39 is 0 Å². The van der Waals surface area contributed by atoms with Crippen molar-refractivity contribution >= 4 is 10.8 Å². The monoisotopic (exact) mass is 200 g/mol. The van der Waals surface area contributed by atoms with Crippen LogP contribution >= 0.6 is 0 Å². The summed E-state index contributed by atoms with van der Waals surface area (Å²) in [4.78, 5) is 4.10. The maximum absolute atomic E-state index is 4.10. The highest BCUT2D eigenvalue weighted by molar-refractivity contribution is 5.81. The Bertz CT molecular complexity index is 449. The minimum atomic E-state index is 0.526. The Morgan fingerprint density at radius 2 is 2.07 bits per heavy atom. The lowest BCUT2D eigenvalue weighted by molar-refractivity contribution is 0.589. The summed E-state index contributed by atoms with van der Waals surface area (Å²) in [7, 11) is 0. The van der Waals surface area contributed by atoms with E-state index in [9.17, 15) is 0 Å². The molecular formula is C13H16N2. The summed E-state index contributed by atoms with van der Waals surface area (Å²) in [5.74, 6) is 0. The fraction of sp³-hybridized carbons (Fsp3) is 0.308. The highest BCUT2D eigenvalue weighted by Crippen LogP contribution is 2.14. The topological polar surface area (TPSA) is 24.9 Å². The lowest BCUT2D eigenvalue weighted by Crippen LogP contribution is -2.21. The van der Waals surface area contributed by atoms with Crippen molar-refractivity contribution in [1.82, 2.24) is 10.3 Å². The Hall–Kier alpha value is -1.41. The molecule has 0 amide bonds. The molecule has 0 atom stereocenters. The molecule has 0 aliphatic rings.